The summed E-state index contributed by atoms with van der Waals surface area (Å²) in [6, 6.07) is 25.6. The molecule has 0 saturated heterocycles. The van der Waals surface area contributed by atoms with E-state index < -0.39 is 33.4 Å². The Morgan fingerprint density at radius 3 is 2.16 bits per heavy atom. The number of carbonyl (C=O) groups excluding carboxylic acids is 2. The van der Waals surface area contributed by atoms with E-state index in [0.717, 1.165) is 48.0 Å². The smallest absolute Gasteiger partial charge is 0.271 e. The van der Waals surface area contributed by atoms with Crippen LogP contribution in [0.3, 0.4) is 0 Å². The van der Waals surface area contributed by atoms with Crippen molar-refractivity contribution in [2.45, 2.75) is 62.0 Å². The van der Waals surface area contributed by atoms with Gasteiger partial charge in [-0.2, -0.15) is 0 Å². The second kappa shape index (κ2) is 16.3. The van der Waals surface area contributed by atoms with Gasteiger partial charge in [0.2, 0.25) is 11.8 Å². The lowest BCUT2D eigenvalue weighted by Crippen LogP contribution is -2.55. The number of nitro groups is 1. The lowest BCUT2D eigenvalue weighted by atomic mass is 9.94. The van der Waals surface area contributed by atoms with Gasteiger partial charge in [0.1, 0.15) is 12.6 Å². The number of sulfonamides is 1. The van der Waals surface area contributed by atoms with Crippen molar-refractivity contribution in [1.82, 2.24) is 10.2 Å². The van der Waals surface area contributed by atoms with Crippen LogP contribution in [-0.4, -0.2) is 48.7 Å². The molecule has 4 aromatic carbocycles. The Morgan fingerprint density at radius 2 is 1.51 bits per heavy atom. The first-order valence-electron chi connectivity index (χ1n) is 15.9. The van der Waals surface area contributed by atoms with Gasteiger partial charge in [-0.1, -0.05) is 103 Å². The van der Waals surface area contributed by atoms with Crippen LogP contribution in [0.25, 0.3) is 0 Å². The van der Waals surface area contributed by atoms with Crippen LogP contribution in [0.1, 0.15) is 43.2 Å². The first kappa shape index (κ1) is 35.8. The zero-order chi connectivity index (χ0) is 35.0. The Morgan fingerprint density at radius 1 is 0.837 bits per heavy atom. The van der Waals surface area contributed by atoms with Gasteiger partial charge in [0, 0.05) is 31.1 Å². The van der Waals surface area contributed by atoms with Crippen LogP contribution < -0.4 is 9.62 Å². The molecule has 10 nitrogen and oxygen atoms in total. The molecule has 1 saturated carbocycles. The Hall–Kier alpha value is -4.45. The molecule has 2 amide bonds. The normalized spacial score (nSPS) is 14.1. The van der Waals surface area contributed by atoms with Gasteiger partial charge in [-0.15, -0.1) is 0 Å². The number of hydrogen-bond donors (Lipinski definition) is 1. The van der Waals surface area contributed by atoms with Gasteiger partial charge in [0.25, 0.3) is 15.7 Å². The molecule has 13 heteroatoms. The van der Waals surface area contributed by atoms with Crippen LogP contribution in [0.15, 0.2) is 108 Å². The second-order valence-electron chi connectivity index (χ2n) is 11.9. The average molecular weight is 724 g/mol. The van der Waals surface area contributed by atoms with Gasteiger partial charge >= 0.3 is 0 Å². The first-order chi connectivity index (χ1) is 23.5. The molecule has 0 bridgehead atoms. The molecule has 0 aliphatic heterocycles. The number of nitrogens with zero attached hydrogens (tertiary/aromatic N) is 3. The molecular weight excluding hydrogens is 687 g/mol. The predicted octanol–water partition coefficient (Wildman–Crippen LogP) is 7.19. The summed E-state index contributed by atoms with van der Waals surface area (Å²) < 4.78 is 29.1. The number of hydrogen-bond acceptors (Lipinski definition) is 6. The quantitative estimate of drug-likeness (QED) is 0.115. The summed E-state index contributed by atoms with van der Waals surface area (Å²) in [5.41, 5.74) is 0.941. The van der Waals surface area contributed by atoms with E-state index in [9.17, 15) is 28.1 Å². The average Bonchev–Trinajstić information content (AvgIpc) is 3.11. The van der Waals surface area contributed by atoms with Crippen molar-refractivity contribution in [3.05, 3.63) is 134 Å². The third kappa shape index (κ3) is 9.17. The van der Waals surface area contributed by atoms with E-state index in [2.05, 4.69) is 5.32 Å². The fourth-order valence-corrected chi connectivity index (χ4v) is 7.69. The van der Waals surface area contributed by atoms with Crippen molar-refractivity contribution in [3.63, 3.8) is 0 Å². The monoisotopic (exact) mass is 722 g/mol. The molecule has 1 fully saturated rings. The lowest BCUT2D eigenvalue weighted by molar-refractivity contribution is -0.384. The minimum Gasteiger partial charge on any atom is -0.352 e. The number of nitro benzene ring substituents is 1. The molecule has 1 aliphatic rings. The number of amides is 2. The summed E-state index contributed by atoms with van der Waals surface area (Å²) in [5.74, 6) is -1.06. The molecule has 5 rings (SSSR count). The first-order valence-corrected chi connectivity index (χ1v) is 18.1. The van der Waals surface area contributed by atoms with E-state index >= 15 is 0 Å². The third-order valence-electron chi connectivity index (χ3n) is 8.50. The molecule has 49 heavy (non-hydrogen) atoms. The second-order valence-corrected chi connectivity index (χ2v) is 14.6. The summed E-state index contributed by atoms with van der Waals surface area (Å²) in [4.78, 5) is 41.2. The van der Waals surface area contributed by atoms with Crippen molar-refractivity contribution >= 4 is 56.4 Å². The standard InChI is InChI=1S/C36H36Cl2N4O6S/c37-32-20-19-27(21-33(32)38)24-40(34(22-26-11-4-1-5-12-26)36(44)39-28-13-6-2-7-14-28)35(43)25-41(29-15-10-16-30(23-29)42(45)46)49(47,48)31-17-8-3-9-18-31/h1,3-5,8-12,15-21,23,28,34H,2,6-7,13-14,22,24-25H2,(H,39,44). The topological polar surface area (TPSA) is 130 Å². The highest BCUT2D eigenvalue weighted by Crippen LogP contribution is 2.29. The highest BCUT2D eigenvalue weighted by Gasteiger charge is 2.36. The van der Waals surface area contributed by atoms with Gasteiger partial charge in [-0.05, 0) is 54.3 Å². The number of halogens is 2. The summed E-state index contributed by atoms with van der Waals surface area (Å²) in [6.07, 6.45) is 4.84. The van der Waals surface area contributed by atoms with Crippen LogP contribution in [0.2, 0.25) is 10.0 Å². The molecule has 4 aromatic rings. The zero-order valence-electron chi connectivity index (χ0n) is 26.6. The maximum absolute atomic E-state index is 14.7. The van der Waals surface area contributed by atoms with Crippen LogP contribution >= 0.6 is 23.2 Å². The van der Waals surface area contributed by atoms with Crippen molar-refractivity contribution < 1.29 is 22.9 Å². The molecule has 1 aliphatic carbocycles. The Labute approximate surface area is 295 Å². The Kier molecular flexibility index (Phi) is 11.9. The van der Waals surface area contributed by atoms with E-state index in [1.807, 2.05) is 30.3 Å². The summed E-state index contributed by atoms with van der Waals surface area (Å²) >= 11 is 12.5. The predicted molar refractivity (Wildman–Crippen MR) is 190 cm³/mol. The van der Waals surface area contributed by atoms with E-state index in [1.165, 1.54) is 35.2 Å². The fraction of sp³-hybridized carbons (Fsp3) is 0.278. The lowest BCUT2D eigenvalue weighted by Gasteiger charge is -2.35. The molecule has 0 radical (unpaired) electrons. The van der Waals surface area contributed by atoms with Crippen LogP contribution in [0, 0.1) is 10.1 Å². The van der Waals surface area contributed by atoms with E-state index in [1.54, 1.807) is 36.4 Å². The maximum Gasteiger partial charge on any atom is 0.271 e. The third-order valence-corrected chi connectivity index (χ3v) is 11.0. The van der Waals surface area contributed by atoms with Crippen LogP contribution in [-0.2, 0) is 32.6 Å². The van der Waals surface area contributed by atoms with Crippen molar-refractivity contribution in [2.24, 2.45) is 0 Å². The summed E-state index contributed by atoms with van der Waals surface area (Å²) in [5, 5.41) is 15.4. The maximum atomic E-state index is 14.7. The minimum atomic E-state index is -4.41. The van der Waals surface area contributed by atoms with Crippen molar-refractivity contribution in [2.75, 3.05) is 10.8 Å². The van der Waals surface area contributed by atoms with Gasteiger partial charge in [-0.25, -0.2) is 8.42 Å². The number of carbonyl (C=O) groups is 2. The number of rotatable bonds is 13. The van der Waals surface area contributed by atoms with Gasteiger partial charge in [-0.3, -0.25) is 24.0 Å². The molecule has 0 heterocycles. The molecule has 0 spiro atoms. The Balaban J connectivity index is 1.59. The molecule has 256 valence electrons. The molecular formula is C36H36Cl2N4O6S. The largest absolute Gasteiger partial charge is 0.352 e. The van der Waals surface area contributed by atoms with E-state index in [4.69, 9.17) is 23.2 Å². The van der Waals surface area contributed by atoms with E-state index in [-0.39, 0.29) is 46.2 Å². The number of benzene rings is 4. The van der Waals surface area contributed by atoms with Crippen molar-refractivity contribution in [1.29, 1.82) is 0 Å². The zero-order valence-corrected chi connectivity index (χ0v) is 28.9. The Bertz CT molecular complexity index is 1890. The molecule has 1 atom stereocenters. The molecule has 1 unspecified atom stereocenters. The summed E-state index contributed by atoms with van der Waals surface area (Å²) in [6.45, 7) is -0.846. The minimum absolute atomic E-state index is 0.0544. The highest BCUT2D eigenvalue weighted by atomic mass is 35.5. The van der Waals surface area contributed by atoms with Gasteiger partial charge < -0.3 is 10.2 Å². The SMILES string of the molecule is O=C(NC1CCCCC1)C(Cc1ccccc1)N(Cc1ccc(Cl)c(Cl)c1)C(=O)CN(c1cccc([N+](=O)[O-])c1)S(=O)(=O)c1ccccc1. The summed E-state index contributed by atoms with van der Waals surface area (Å²) in [7, 11) is -4.41. The van der Waals surface area contributed by atoms with E-state index in [0.29, 0.717) is 10.6 Å². The van der Waals surface area contributed by atoms with Crippen LogP contribution in [0.5, 0.6) is 0 Å². The number of non-ortho nitro benzene ring substituents is 1. The fourth-order valence-electron chi connectivity index (χ4n) is 5.94. The van der Waals surface area contributed by atoms with Crippen LogP contribution in [0.4, 0.5) is 11.4 Å². The number of anilines is 1. The van der Waals surface area contributed by atoms with Gasteiger partial charge in [0.15, 0.2) is 0 Å². The molecule has 0 aromatic heterocycles. The number of nitrogens with one attached hydrogen (secondary N) is 1. The highest BCUT2D eigenvalue weighted by molar-refractivity contribution is 7.92. The molecule has 1 N–H and O–H groups in total. The van der Waals surface area contributed by atoms with Crippen molar-refractivity contribution in [3.8, 4) is 0 Å². The van der Waals surface area contributed by atoms with Gasteiger partial charge in [0.05, 0.1) is 25.6 Å².